The summed E-state index contributed by atoms with van der Waals surface area (Å²) in [5.41, 5.74) is 3.17. The van der Waals surface area contributed by atoms with Crippen molar-refractivity contribution in [1.82, 2.24) is 0 Å². The number of aliphatic hydroxyl groups is 1. The number of benzene rings is 2. The summed E-state index contributed by atoms with van der Waals surface area (Å²) in [6.07, 6.45) is 0.338. The van der Waals surface area contributed by atoms with Gasteiger partial charge in [0.05, 0.1) is 11.6 Å². The van der Waals surface area contributed by atoms with Crippen LogP contribution in [0.1, 0.15) is 38.8 Å². The summed E-state index contributed by atoms with van der Waals surface area (Å²) < 4.78 is 5.81. The number of thiophene rings is 1. The molecule has 180 valence electrons. The lowest BCUT2D eigenvalue weighted by Gasteiger charge is -2.28. The van der Waals surface area contributed by atoms with Gasteiger partial charge in [-0.1, -0.05) is 51.1 Å². The lowest BCUT2D eigenvalue weighted by Crippen LogP contribution is -2.31. The summed E-state index contributed by atoms with van der Waals surface area (Å²) in [6.45, 7) is 5.09. The van der Waals surface area contributed by atoms with Crippen molar-refractivity contribution in [2.75, 3.05) is 11.5 Å². The Bertz CT molecular complexity index is 1270. The van der Waals surface area contributed by atoms with E-state index in [0.29, 0.717) is 23.4 Å². The van der Waals surface area contributed by atoms with Crippen LogP contribution in [0.15, 0.2) is 76.7 Å². The minimum Gasteiger partial charge on any atom is -0.503 e. The number of para-hydroxylation sites is 1. The van der Waals surface area contributed by atoms with E-state index in [0.717, 1.165) is 11.1 Å². The van der Waals surface area contributed by atoms with Gasteiger partial charge in [0.1, 0.15) is 12.4 Å². The molecule has 1 atom stereocenters. The maximum Gasteiger partial charge on any atom is 0.294 e. The van der Waals surface area contributed by atoms with Gasteiger partial charge in [0.15, 0.2) is 17.3 Å². The molecule has 3 aromatic rings. The van der Waals surface area contributed by atoms with Crippen LogP contribution in [0.4, 0.5) is 5.69 Å². The van der Waals surface area contributed by atoms with Gasteiger partial charge in [0.2, 0.25) is 0 Å². The first-order chi connectivity index (χ1) is 16.8. The van der Waals surface area contributed by atoms with E-state index >= 15 is 0 Å². The Morgan fingerprint density at radius 2 is 1.77 bits per heavy atom. The maximum atomic E-state index is 13.3. The third-order valence-corrected chi connectivity index (χ3v) is 6.68. The zero-order valence-corrected chi connectivity index (χ0v) is 20.7. The number of rotatable bonds is 9. The van der Waals surface area contributed by atoms with Crippen molar-refractivity contribution in [2.45, 2.75) is 33.2 Å². The molecular formula is C28H27NO5S. The monoisotopic (exact) mass is 489 g/mol. The summed E-state index contributed by atoms with van der Waals surface area (Å²) >= 11 is 1.60. The van der Waals surface area contributed by atoms with Crippen LogP contribution in [-0.4, -0.2) is 29.2 Å². The fourth-order valence-electron chi connectivity index (χ4n) is 4.07. The molecule has 1 aliphatic heterocycles. The van der Waals surface area contributed by atoms with Crippen molar-refractivity contribution >= 4 is 34.5 Å². The molecular weight excluding hydrogens is 462 g/mol. The Labute approximate surface area is 208 Å². The normalized spacial score (nSPS) is 15.7. The molecule has 35 heavy (non-hydrogen) atoms. The molecule has 7 heteroatoms. The van der Waals surface area contributed by atoms with E-state index in [9.17, 15) is 19.5 Å². The Morgan fingerprint density at radius 3 is 2.40 bits per heavy atom. The van der Waals surface area contributed by atoms with Gasteiger partial charge in [-0.15, -0.1) is 0 Å². The van der Waals surface area contributed by atoms with E-state index in [1.54, 1.807) is 68.5 Å². The summed E-state index contributed by atoms with van der Waals surface area (Å²) in [5, 5.41) is 14.9. The molecule has 0 aliphatic carbocycles. The first-order valence-electron chi connectivity index (χ1n) is 11.5. The largest absolute Gasteiger partial charge is 0.503 e. The maximum absolute atomic E-state index is 13.3. The predicted molar refractivity (Wildman–Crippen MR) is 137 cm³/mol. The SMILES string of the molecule is CCC(=O)COc1ccccc1C1C(C(=O)C(C)C)=C(O)C(=O)N1c1ccc(-c2ccsc2)cc1. The average molecular weight is 490 g/mol. The second-order valence-corrected chi connectivity index (χ2v) is 9.42. The summed E-state index contributed by atoms with van der Waals surface area (Å²) in [4.78, 5) is 39.9. The van der Waals surface area contributed by atoms with Gasteiger partial charge in [0.25, 0.3) is 5.91 Å². The fourth-order valence-corrected chi connectivity index (χ4v) is 4.73. The highest BCUT2D eigenvalue weighted by atomic mass is 32.1. The molecule has 0 saturated carbocycles. The van der Waals surface area contributed by atoms with Gasteiger partial charge >= 0.3 is 0 Å². The first-order valence-corrected chi connectivity index (χ1v) is 12.4. The van der Waals surface area contributed by atoms with E-state index < -0.39 is 23.6 Å². The lowest BCUT2D eigenvalue weighted by molar-refractivity contribution is -0.121. The van der Waals surface area contributed by atoms with Crippen LogP contribution in [-0.2, 0) is 14.4 Å². The number of amides is 1. The molecule has 1 aliphatic rings. The smallest absolute Gasteiger partial charge is 0.294 e. The minimum absolute atomic E-state index is 0.0322. The Morgan fingerprint density at radius 1 is 1.06 bits per heavy atom. The molecule has 2 heterocycles. The van der Waals surface area contributed by atoms with Gasteiger partial charge in [0, 0.05) is 23.6 Å². The number of ketones is 2. The Balaban J connectivity index is 1.81. The van der Waals surface area contributed by atoms with Crippen LogP contribution in [0, 0.1) is 5.92 Å². The number of carbonyl (C=O) groups excluding carboxylic acids is 3. The number of nitrogens with zero attached hydrogens (tertiary/aromatic N) is 1. The van der Waals surface area contributed by atoms with Crippen molar-refractivity contribution in [3.8, 4) is 16.9 Å². The second-order valence-electron chi connectivity index (χ2n) is 8.64. The summed E-state index contributed by atoms with van der Waals surface area (Å²) in [7, 11) is 0. The molecule has 1 aromatic heterocycles. The van der Waals surface area contributed by atoms with E-state index in [1.807, 2.05) is 29.0 Å². The number of Topliss-reactive ketones (excluding diaryl/α,β-unsaturated/α-hetero) is 2. The molecule has 0 fully saturated rings. The molecule has 1 N–H and O–H groups in total. The second kappa shape index (κ2) is 10.3. The van der Waals surface area contributed by atoms with E-state index in [1.165, 1.54) is 4.90 Å². The van der Waals surface area contributed by atoms with Gasteiger partial charge in [-0.25, -0.2) is 0 Å². The third-order valence-electron chi connectivity index (χ3n) is 5.99. The number of anilines is 1. The number of hydrogen-bond acceptors (Lipinski definition) is 6. The molecule has 1 unspecified atom stereocenters. The molecule has 6 nitrogen and oxygen atoms in total. The van der Waals surface area contributed by atoms with Crippen molar-refractivity contribution < 1.29 is 24.2 Å². The van der Waals surface area contributed by atoms with Crippen LogP contribution in [0.2, 0.25) is 0 Å². The minimum atomic E-state index is -0.891. The van der Waals surface area contributed by atoms with Crippen LogP contribution in [0.25, 0.3) is 11.1 Å². The van der Waals surface area contributed by atoms with Crippen molar-refractivity contribution in [3.63, 3.8) is 0 Å². The molecule has 2 aromatic carbocycles. The molecule has 0 spiro atoms. The van der Waals surface area contributed by atoms with Crippen LogP contribution in [0.3, 0.4) is 0 Å². The Kier molecular flexibility index (Phi) is 7.17. The van der Waals surface area contributed by atoms with Crippen LogP contribution < -0.4 is 9.64 Å². The fraction of sp³-hybridized carbons (Fsp3) is 0.250. The van der Waals surface area contributed by atoms with E-state index in [-0.39, 0.29) is 23.7 Å². The molecule has 0 bridgehead atoms. The molecule has 4 rings (SSSR count). The number of hydrogen-bond donors (Lipinski definition) is 1. The first kappa shape index (κ1) is 24.4. The zero-order valence-electron chi connectivity index (χ0n) is 19.9. The highest BCUT2D eigenvalue weighted by molar-refractivity contribution is 7.08. The third kappa shape index (κ3) is 4.77. The summed E-state index contributed by atoms with van der Waals surface area (Å²) in [6, 6.07) is 15.5. The van der Waals surface area contributed by atoms with E-state index in [4.69, 9.17) is 4.74 Å². The Hall–Kier alpha value is -3.71. The lowest BCUT2D eigenvalue weighted by atomic mass is 9.90. The number of ether oxygens (including phenoxy) is 1. The van der Waals surface area contributed by atoms with E-state index in [2.05, 4.69) is 0 Å². The van der Waals surface area contributed by atoms with Crippen LogP contribution >= 0.6 is 11.3 Å². The van der Waals surface area contributed by atoms with Gasteiger partial charge in [-0.2, -0.15) is 11.3 Å². The highest BCUT2D eigenvalue weighted by Gasteiger charge is 2.45. The number of aliphatic hydroxyl groups excluding tert-OH is 1. The van der Waals surface area contributed by atoms with Crippen molar-refractivity contribution in [3.05, 3.63) is 82.3 Å². The predicted octanol–water partition coefficient (Wildman–Crippen LogP) is 5.90. The van der Waals surface area contributed by atoms with Crippen LogP contribution in [0.5, 0.6) is 5.75 Å². The molecule has 1 amide bonds. The standard InChI is InChI=1S/C28H27NO5S/c1-4-21(30)15-34-23-8-6-5-7-22(23)25-24(26(31)17(2)3)27(32)28(33)29(25)20-11-9-18(10-12-20)19-13-14-35-16-19/h5-14,16-17,25,32H,4,15H2,1-3H3. The topological polar surface area (TPSA) is 83.9 Å². The van der Waals surface area contributed by atoms with Gasteiger partial charge < -0.3 is 9.84 Å². The molecule has 0 saturated heterocycles. The summed E-state index contributed by atoms with van der Waals surface area (Å²) in [5.74, 6) is -1.65. The zero-order chi connectivity index (χ0) is 25.1. The quantitative estimate of drug-likeness (QED) is 0.405. The number of carbonyl (C=O) groups is 3. The molecule has 0 radical (unpaired) electrons. The van der Waals surface area contributed by atoms with Crippen molar-refractivity contribution in [2.24, 2.45) is 5.92 Å². The average Bonchev–Trinajstić information content (AvgIpc) is 3.49. The highest BCUT2D eigenvalue weighted by Crippen LogP contribution is 2.45. The van der Waals surface area contributed by atoms with Gasteiger partial charge in [-0.3, -0.25) is 19.3 Å². The van der Waals surface area contributed by atoms with Crippen molar-refractivity contribution in [1.29, 1.82) is 0 Å². The van der Waals surface area contributed by atoms with Gasteiger partial charge in [-0.05, 0) is 46.2 Å².